The number of amides is 2. The summed E-state index contributed by atoms with van der Waals surface area (Å²) in [7, 11) is 1.83. The summed E-state index contributed by atoms with van der Waals surface area (Å²) in [6.07, 6.45) is 0.841. The first kappa shape index (κ1) is 19.7. The SMILES string of the molecule is CCc1ccccc1NC(=O)C[NH+](C)[C@@H](C)C(=O)Nc1ccc2c(c1)OCO2. The molecule has 1 aliphatic rings. The number of anilines is 2. The van der Waals surface area contributed by atoms with Gasteiger partial charge < -0.3 is 25.0 Å². The molecule has 7 heteroatoms. The van der Waals surface area contributed by atoms with Crippen LogP contribution in [0.1, 0.15) is 19.4 Å². The van der Waals surface area contributed by atoms with Gasteiger partial charge in [0.2, 0.25) is 6.79 Å². The summed E-state index contributed by atoms with van der Waals surface area (Å²) in [4.78, 5) is 25.8. The van der Waals surface area contributed by atoms with Gasteiger partial charge in [-0.15, -0.1) is 0 Å². The molecule has 3 N–H and O–H groups in total. The van der Waals surface area contributed by atoms with Crippen LogP contribution in [-0.2, 0) is 16.0 Å². The van der Waals surface area contributed by atoms with Gasteiger partial charge in [0.25, 0.3) is 11.8 Å². The molecule has 0 saturated heterocycles. The molecule has 7 nitrogen and oxygen atoms in total. The predicted molar refractivity (Wildman–Crippen MR) is 107 cm³/mol. The number of fused-ring (bicyclic) bond motifs is 1. The molecule has 0 saturated carbocycles. The zero-order chi connectivity index (χ0) is 20.1. The van der Waals surface area contributed by atoms with Crippen molar-refractivity contribution < 1.29 is 24.0 Å². The van der Waals surface area contributed by atoms with E-state index in [9.17, 15) is 9.59 Å². The number of nitrogens with one attached hydrogen (secondary N) is 3. The molecule has 0 aromatic heterocycles. The lowest BCUT2D eigenvalue weighted by Crippen LogP contribution is -3.14. The zero-order valence-corrected chi connectivity index (χ0v) is 16.4. The Kier molecular flexibility index (Phi) is 6.16. The number of likely N-dealkylation sites (N-methyl/N-ethyl adjacent to an activating group) is 1. The van der Waals surface area contributed by atoms with E-state index >= 15 is 0 Å². The van der Waals surface area contributed by atoms with Crippen molar-refractivity contribution in [2.45, 2.75) is 26.3 Å². The quantitative estimate of drug-likeness (QED) is 0.675. The third-order valence-electron chi connectivity index (χ3n) is 4.88. The zero-order valence-electron chi connectivity index (χ0n) is 16.4. The number of hydrogen-bond donors (Lipinski definition) is 3. The predicted octanol–water partition coefficient (Wildman–Crippen LogP) is 1.46. The fourth-order valence-corrected chi connectivity index (χ4v) is 3.00. The number of benzene rings is 2. The van der Waals surface area contributed by atoms with Crippen molar-refractivity contribution in [1.29, 1.82) is 0 Å². The molecule has 0 aliphatic carbocycles. The summed E-state index contributed by atoms with van der Waals surface area (Å²) in [5.41, 5.74) is 2.54. The summed E-state index contributed by atoms with van der Waals surface area (Å²) >= 11 is 0. The van der Waals surface area contributed by atoms with Gasteiger partial charge in [0, 0.05) is 17.4 Å². The van der Waals surface area contributed by atoms with Crippen molar-refractivity contribution in [3.8, 4) is 11.5 Å². The van der Waals surface area contributed by atoms with E-state index in [0.29, 0.717) is 17.2 Å². The Morgan fingerprint density at radius 3 is 2.64 bits per heavy atom. The minimum Gasteiger partial charge on any atom is -0.454 e. The van der Waals surface area contributed by atoms with Crippen LogP contribution in [0.25, 0.3) is 0 Å². The number of para-hydroxylation sites is 1. The van der Waals surface area contributed by atoms with Crippen LogP contribution in [0.2, 0.25) is 0 Å². The minimum atomic E-state index is -0.405. The first-order valence-corrected chi connectivity index (χ1v) is 9.38. The smallest absolute Gasteiger partial charge is 0.282 e. The number of quaternary nitrogens is 1. The fraction of sp³-hybridized carbons (Fsp3) is 0.333. The average molecular weight is 384 g/mol. The minimum absolute atomic E-state index is 0.124. The van der Waals surface area contributed by atoms with Crippen LogP contribution < -0.4 is 25.0 Å². The van der Waals surface area contributed by atoms with Crippen molar-refractivity contribution in [1.82, 2.24) is 0 Å². The van der Waals surface area contributed by atoms with E-state index in [0.717, 1.165) is 22.6 Å². The van der Waals surface area contributed by atoms with Crippen LogP contribution in [0.4, 0.5) is 11.4 Å². The second-order valence-corrected chi connectivity index (χ2v) is 6.86. The Hall–Kier alpha value is -3.06. The number of hydrogen-bond acceptors (Lipinski definition) is 4. The molecular weight excluding hydrogens is 358 g/mol. The molecule has 0 fully saturated rings. The average Bonchev–Trinajstić information content (AvgIpc) is 3.15. The van der Waals surface area contributed by atoms with Gasteiger partial charge in [-0.1, -0.05) is 25.1 Å². The maximum atomic E-state index is 12.6. The van der Waals surface area contributed by atoms with Crippen LogP contribution in [0.15, 0.2) is 42.5 Å². The van der Waals surface area contributed by atoms with Crippen LogP contribution in [0.5, 0.6) is 11.5 Å². The Balaban J connectivity index is 1.55. The van der Waals surface area contributed by atoms with Crippen LogP contribution in [-0.4, -0.2) is 38.2 Å². The summed E-state index contributed by atoms with van der Waals surface area (Å²) in [5, 5.41) is 5.81. The second-order valence-electron chi connectivity index (χ2n) is 6.86. The lowest BCUT2D eigenvalue weighted by atomic mass is 10.1. The first-order chi connectivity index (χ1) is 13.5. The summed E-state index contributed by atoms with van der Waals surface area (Å²) in [5.74, 6) is 0.984. The lowest BCUT2D eigenvalue weighted by molar-refractivity contribution is -0.885. The third-order valence-corrected chi connectivity index (χ3v) is 4.88. The molecule has 148 valence electrons. The van der Waals surface area contributed by atoms with Gasteiger partial charge in [0.05, 0.1) is 7.05 Å². The Morgan fingerprint density at radius 2 is 1.86 bits per heavy atom. The molecule has 2 amide bonds. The number of aryl methyl sites for hydroxylation is 1. The highest BCUT2D eigenvalue weighted by Crippen LogP contribution is 2.34. The Bertz CT molecular complexity index is 868. The molecule has 0 radical (unpaired) electrons. The number of carbonyl (C=O) groups excluding carboxylic acids is 2. The summed E-state index contributed by atoms with van der Waals surface area (Å²) in [6, 6.07) is 12.6. The van der Waals surface area contributed by atoms with E-state index in [2.05, 4.69) is 10.6 Å². The molecular formula is C21H26N3O4+. The summed E-state index contributed by atoms with van der Waals surface area (Å²) in [6.45, 7) is 4.22. The van der Waals surface area contributed by atoms with Crippen molar-refractivity contribution in [2.75, 3.05) is 31.0 Å². The van der Waals surface area contributed by atoms with E-state index in [1.54, 1.807) is 25.1 Å². The lowest BCUT2D eigenvalue weighted by Gasteiger charge is -2.21. The maximum absolute atomic E-state index is 12.6. The van der Waals surface area contributed by atoms with Gasteiger partial charge in [-0.3, -0.25) is 9.59 Å². The van der Waals surface area contributed by atoms with E-state index < -0.39 is 6.04 Å². The molecule has 2 atom stereocenters. The molecule has 1 unspecified atom stereocenters. The van der Waals surface area contributed by atoms with E-state index in [1.165, 1.54) is 0 Å². The normalized spacial score (nSPS) is 14.2. The number of ether oxygens (including phenoxy) is 2. The molecule has 1 heterocycles. The van der Waals surface area contributed by atoms with E-state index in [1.807, 2.05) is 38.2 Å². The largest absolute Gasteiger partial charge is 0.454 e. The highest BCUT2D eigenvalue weighted by Gasteiger charge is 2.25. The monoisotopic (exact) mass is 384 g/mol. The molecule has 3 rings (SSSR count). The highest BCUT2D eigenvalue weighted by molar-refractivity contribution is 5.95. The van der Waals surface area contributed by atoms with Gasteiger partial charge in [-0.05, 0) is 37.1 Å². The van der Waals surface area contributed by atoms with E-state index in [-0.39, 0.29) is 25.2 Å². The van der Waals surface area contributed by atoms with Crippen molar-refractivity contribution in [3.63, 3.8) is 0 Å². The van der Waals surface area contributed by atoms with Gasteiger partial charge in [-0.2, -0.15) is 0 Å². The molecule has 0 spiro atoms. The van der Waals surface area contributed by atoms with Crippen LogP contribution >= 0.6 is 0 Å². The van der Waals surface area contributed by atoms with E-state index in [4.69, 9.17) is 9.47 Å². The molecule has 0 bridgehead atoms. The third kappa shape index (κ3) is 4.61. The van der Waals surface area contributed by atoms with Gasteiger partial charge in [0.1, 0.15) is 0 Å². The maximum Gasteiger partial charge on any atom is 0.282 e. The Labute approximate surface area is 164 Å². The van der Waals surface area contributed by atoms with Gasteiger partial charge >= 0.3 is 0 Å². The molecule has 2 aromatic rings. The molecule has 1 aliphatic heterocycles. The summed E-state index contributed by atoms with van der Waals surface area (Å²) < 4.78 is 10.6. The van der Waals surface area contributed by atoms with Crippen LogP contribution in [0.3, 0.4) is 0 Å². The number of rotatable bonds is 7. The standard InChI is InChI=1S/C21H25N3O4/c1-4-15-7-5-6-8-17(15)23-20(25)12-24(3)14(2)21(26)22-16-9-10-18-19(11-16)28-13-27-18/h5-11,14H,4,12-13H2,1-3H3,(H,22,26)(H,23,25)/p+1/t14-/m0/s1. The molecule has 2 aromatic carbocycles. The topological polar surface area (TPSA) is 81.1 Å². The number of carbonyl (C=O) groups is 2. The van der Waals surface area contributed by atoms with Gasteiger partial charge in [0.15, 0.2) is 24.1 Å². The van der Waals surface area contributed by atoms with Crippen molar-refractivity contribution in [2.24, 2.45) is 0 Å². The Morgan fingerprint density at radius 1 is 1.11 bits per heavy atom. The van der Waals surface area contributed by atoms with Crippen LogP contribution in [0, 0.1) is 0 Å². The fourth-order valence-electron chi connectivity index (χ4n) is 3.00. The second kappa shape index (κ2) is 8.75. The first-order valence-electron chi connectivity index (χ1n) is 9.38. The van der Waals surface area contributed by atoms with Crippen molar-refractivity contribution in [3.05, 3.63) is 48.0 Å². The highest BCUT2D eigenvalue weighted by atomic mass is 16.7. The molecule has 28 heavy (non-hydrogen) atoms. The van der Waals surface area contributed by atoms with Gasteiger partial charge in [-0.25, -0.2) is 0 Å². The van der Waals surface area contributed by atoms with Crippen molar-refractivity contribution >= 4 is 23.2 Å².